The minimum Gasteiger partial charge on any atom is -0.486 e. The molecule has 1 aliphatic heterocycles. The smallest absolute Gasteiger partial charge is 0.335 e. The summed E-state index contributed by atoms with van der Waals surface area (Å²) in [6.07, 6.45) is -0.460. The number of carbonyl (C=O) groups excluding carboxylic acids is 1. The lowest BCUT2D eigenvalue weighted by Crippen LogP contribution is -2.49. The lowest BCUT2D eigenvalue weighted by molar-refractivity contribution is 0.0343. The maximum Gasteiger partial charge on any atom is 0.335 e. The topological polar surface area (TPSA) is 136 Å². The second kappa shape index (κ2) is 12.9. The van der Waals surface area contributed by atoms with E-state index in [1.54, 1.807) is 66.4 Å². The number of amides is 1. The number of hydrogen-bond acceptors (Lipinski definition) is 7. The molecule has 0 saturated carbocycles. The molecular weight excluding hydrogens is 558 g/mol. The average molecular weight is 596 g/mol. The Morgan fingerprint density at radius 3 is 2.40 bits per heavy atom. The van der Waals surface area contributed by atoms with Crippen LogP contribution in [0.4, 0.5) is 5.69 Å². The molecule has 0 spiro atoms. The highest BCUT2D eigenvalue weighted by atomic mass is 32.2. The molecule has 224 valence electrons. The van der Waals surface area contributed by atoms with Crippen molar-refractivity contribution in [3.05, 3.63) is 89.0 Å². The Morgan fingerprint density at radius 2 is 1.79 bits per heavy atom. The monoisotopic (exact) mass is 595 g/mol. The first kappa shape index (κ1) is 31.0. The lowest BCUT2D eigenvalue weighted by Gasteiger charge is -2.38. The molecule has 4 rings (SSSR count). The van der Waals surface area contributed by atoms with Crippen LogP contribution in [0.25, 0.3) is 0 Å². The van der Waals surface area contributed by atoms with Gasteiger partial charge in [-0.15, -0.1) is 0 Å². The van der Waals surface area contributed by atoms with Crippen LogP contribution in [0.3, 0.4) is 0 Å². The van der Waals surface area contributed by atoms with Crippen molar-refractivity contribution in [3.8, 4) is 5.75 Å². The van der Waals surface area contributed by atoms with Crippen molar-refractivity contribution in [1.82, 2.24) is 9.80 Å². The van der Waals surface area contributed by atoms with Gasteiger partial charge in [0, 0.05) is 25.6 Å². The van der Waals surface area contributed by atoms with Crippen molar-refractivity contribution in [3.63, 3.8) is 0 Å². The molecule has 0 bridgehead atoms. The van der Waals surface area contributed by atoms with Crippen LogP contribution in [-0.2, 0) is 16.6 Å². The zero-order valence-corrected chi connectivity index (χ0v) is 25.0. The molecule has 0 aliphatic carbocycles. The molecule has 11 heteroatoms. The summed E-state index contributed by atoms with van der Waals surface area (Å²) in [5, 5.41) is 19.1. The maximum atomic E-state index is 13.7. The Morgan fingerprint density at radius 1 is 1.12 bits per heavy atom. The summed E-state index contributed by atoms with van der Waals surface area (Å²) in [6, 6.07) is 17.4. The Balaban J connectivity index is 1.67. The van der Waals surface area contributed by atoms with Crippen molar-refractivity contribution in [1.29, 1.82) is 0 Å². The van der Waals surface area contributed by atoms with Crippen molar-refractivity contribution >= 4 is 27.6 Å². The highest BCUT2D eigenvalue weighted by Gasteiger charge is 2.35. The van der Waals surface area contributed by atoms with Crippen molar-refractivity contribution < 1.29 is 33.0 Å². The van der Waals surface area contributed by atoms with Gasteiger partial charge in [-0.1, -0.05) is 42.8 Å². The molecule has 42 heavy (non-hydrogen) atoms. The van der Waals surface area contributed by atoms with Gasteiger partial charge in [-0.25, -0.2) is 13.2 Å². The molecule has 0 radical (unpaired) electrons. The molecule has 1 aliphatic rings. The van der Waals surface area contributed by atoms with Crippen LogP contribution in [0, 0.1) is 12.8 Å². The number of para-hydroxylation sites is 1. The predicted molar refractivity (Wildman–Crippen MR) is 159 cm³/mol. The van der Waals surface area contributed by atoms with E-state index in [0.29, 0.717) is 19.6 Å². The molecule has 0 saturated heterocycles. The number of nitrogens with zero attached hydrogens (tertiary/aromatic N) is 2. The van der Waals surface area contributed by atoms with Gasteiger partial charge >= 0.3 is 5.97 Å². The van der Waals surface area contributed by atoms with Gasteiger partial charge in [-0.3, -0.25) is 14.4 Å². The number of likely N-dealkylation sites (N-methyl/N-ethyl adjacent to an activating group) is 1. The SMILES string of the molecule is Cc1ccc(S(=O)(=O)Nc2cccc3c2O[C@H](CN(C)Cc2ccc(C(=O)O)cc2)[C@@H](C)CN([C@@H](C)CO)C3=O)cc1. The van der Waals surface area contributed by atoms with Crippen molar-refractivity contribution in [2.75, 3.05) is 31.5 Å². The summed E-state index contributed by atoms with van der Waals surface area (Å²) in [5.74, 6) is -1.41. The van der Waals surface area contributed by atoms with Crippen LogP contribution < -0.4 is 9.46 Å². The number of ether oxygens (including phenoxy) is 1. The number of anilines is 1. The number of fused-ring (bicyclic) bond motifs is 1. The quantitative estimate of drug-likeness (QED) is 0.322. The van der Waals surface area contributed by atoms with Crippen molar-refractivity contribution in [2.24, 2.45) is 5.92 Å². The Labute approximate surface area is 246 Å². The van der Waals surface area contributed by atoms with E-state index in [4.69, 9.17) is 4.74 Å². The molecule has 0 unspecified atom stereocenters. The van der Waals surface area contributed by atoms with Gasteiger partial charge in [-0.2, -0.15) is 0 Å². The van der Waals surface area contributed by atoms with Gasteiger partial charge in [0.25, 0.3) is 15.9 Å². The average Bonchev–Trinajstić information content (AvgIpc) is 2.95. The van der Waals surface area contributed by atoms with Gasteiger partial charge < -0.3 is 19.8 Å². The molecule has 1 amide bonds. The Kier molecular flexibility index (Phi) is 9.55. The third-order valence-corrected chi connectivity index (χ3v) is 8.79. The second-order valence-corrected chi connectivity index (χ2v) is 12.6. The third kappa shape index (κ3) is 7.10. The predicted octanol–water partition coefficient (Wildman–Crippen LogP) is 3.85. The number of carboxylic acids is 1. The number of hydrogen-bond donors (Lipinski definition) is 3. The van der Waals surface area contributed by atoms with Crippen LogP contribution >= 0.6 is 0 Å². The van der Waals surface area contributed by atoms with E-state index in [2.05, 4.69) is 4.72 Å². The molecule has 0 fully saturated rings. The molecule has 3 N–H and O–H groups in total. The van der Waals surface area contributed by atoms with Crippen LogP contribution in [0.1, 0.15) is 45.7 Å². The highest BCUT2D eigenvalue weighted by Crippen LogP contribution is 2.36. The number of aliphatic hydroxyl groups is 1. The van der Waals surface area contributed by atoms with Gasteiger partial charge in [0.05, 0.1) is 34.4 Å². The normalized spacial score (nSPS) is 18.0. The number of carbonyl (C=O) groups is 2. The van der Waals surface area contributed by atoms with E-state index in [1.165, 1.54) is 12.1 Å². The Hall–Kier alpha value is -3.93. The number of sulfonamides is 1. The van der Waals surface area contributed by atoms with E-state index in [9.17, 15) is 28.2 Å². The van der Waals surface area contributed by atoms with E-state index in [-0.39, 0.29) is 45.9 Å². The summed E-state index contributed by atoms with van der Waals surface area (Å²) >= 11 is 0. The number of benzene rings is 3. The summed E-state index contributed by atoms with van der Waals surface area (Å²) in [4.78, 5) is 28.6. The first-order chi connectivity index (χ1) is 19.9. The van der Waals surface area contributed by atoms with Crippen LogP contribution in [0.5, 0.6) is 5.75 Å². The number of aryl methyl sites for hydroxylation is 1. The maximum absolute atomic E-state index is 13.7. The summed E-state index contributed by atoms with van der Waals surface area (Å²) in [6.45, 7) is 6.61. The Bertz CT molecular complexity index is 1530. The fourth-order valence-electron chi connectivity index (χ4n) is 4.90. The van der Waals surface area contributed by atoms with Crippen LogP contribution in [0.15, 0.2) is 71.6 Å². The second-order valence-electron chi connectivity index (χ2n) is 10.9. The fourth-order valence-corrected chi connectivity index (χ4v) is 5.96. The van der Waals surface area contributed by atoms with Gasteiger partial charge in [0.1, 0.15) is 6.10 Å². The molecule has 0 aromatic heterocycles. The molecular formula is C31H37N3O7S. The zero-order chi connectivity index (χ0) is 30.6. The number of rotatable bonds is 10. The molecule has 3 aromatic carbocycles. The standard InChI is InChI=1S/C31H37N3O7S/c1-20-8-14-25(15-9-20)42(39,40)32-27-7-5-6-26-29(27)41-28(21(2)16-34(30(26)36)22(3)19-35)18-33(4)17-23-10-12-24(13-11-23)31(37)38/h5-15,21-22,28,32,35H,16-19H2,1-4H3,(H,37,38)/t21-,22-,28+/m0/s1. The fraction of sp³-hybridized carbons (Fsp3) is 0.355. The van der Waals surface area contributed by atoms with E-state index < -0.39 is 28.1 Å². The van der Waals surface area contributed by atoms with E-state index in [1.807, 2.05) is 25.8 Å². The lowest BCUT2D eigenvalue weighted by atomic mass is 9.99. The highest BCUT2D eigenvalue weighted by molar-refractivity contribution is 7.92. The summed E-state index contributed by atoms with van der Waals surface area (Å²) < 4.78 is 35.7. The van der Waals surface area contributed by atoms with Crippen LogP contribution in [0.2, 0.25) is 0 Å². The number of aromatic carboxylic acids is 1. The summed E-state index contributed by atoms with van der Waals surface area (Å²) in [7, 11) is -2.08. The van der Waals surface area contributed by atoms with Gasteiger partial charge in [0.15, 0.2) is 5.75 Å². The number of nitrogens with one attached hydrogen (secondary N) is 1. The minimum atomic E-state index is -3.99. The summed E-state index contributed by atoms with van der Waals surface area (Å²) in [5.41, 5.74) is 2.38. The first-order valence-corrected chi connectivity index (χ1v) is 15.2. The first-order valence-electron chi connectivity index (χ1n) is 13.7. The van der Waals surface area contributed by atoms with Gasteiger partial charge in [0.2, 0.25) is 0 Å². The molecule has 3 aromatic rings. The van der Waals surface area contributed by atoms with Crippen LogP contribution in [-0.4, -0.2) is 79.2 Å². The van der Waals surface area contributed by atoms with Gasteiger partial charge in [-0.05, 0) is 62.9 Å². The zero-order valence-electron chi connectivity index (χ0n) is 24.1. The van der Waals surface area contributed by atoms with E-state index >= 15 is 0 Å². The molecule has 10 nitrogen and oxygen atoms in total. The van der Waals surface area contributed by atoms with Crippen molar-refractivity contribution in [2.45, 2.75) is 44.4 Å². The number of carboxylic acid groups (broad SMARTS) is 1. The van der Waals surface area contributed by atoms with E-state index in [0.717, 1.165) is 11.1 Å². The number of aliphatic hydroxyl groups excluding tert-OH is 1. The largest absolute Gasteiger partial charge is 0.486 e. The molecule has 1 heterocycles. The third-order valence-electron chi connectivity index (χ3n) is 7.41. The molecule has 3 atom stereocenters. The minimum absolute atomic E-state index is 0.0805.